The van der Waals surface area contributed by atoms with E-state index in [0.29, 0.717) is 5.41 Å². The molecule has 2 aliphatic rings. The van der Waals surface area contributed by atoms with E-state index in [2.05, 4.69) is 39.9 Å². The number of hydrogen-bond acceptors (Lipinski definition) is 1. The monoisotopic (exact) mass is 251 g/mol. The highest BCUT2D eigenvalue weighted by molar-refractivity contribution is 5.07. The van der Waals surface area contributed by atoms with Gasteiger partial charge >= 0.3 is 0 Å². The van der Waals surface area contributed by atoms with Crippen molar-refractivity contribution in [2.75, 3.05) is 0 Å². The minimum absolute atomic E-state index is 0.556. The van der Waals surface area contributed by atoms with Crippen LogP contribution in [-0.2, 0) is 0 Å². The average molecular weight is 251 g/mol. The van der Waals surface area contributed by atoms with Gasteiger partial charge in [0.2, 0.25) is 0 Å². The van der Waals surface area contributed by atoms with Gasteiger partial charge in [-0.25, -0.2) is 0 Å². The van der Waals surface area contributed by atoms with Crippen LogP contribution in [0.4, 0.5) is 0 Å². The first-order valence-electron chi connectivity index (χ1n) is 8.25. The Balaban J connectivity index is 2.24. The second kappa shape index (κ2) is 5.53. The predicted molar refractivity (Wildman–Crippen MR) is 79.7 cm³/mol. The van der Waals surface area contributed by atoms with Gasteiger partial charge in [0.15, 0.2) is 0 Å². The summed E-state index contributed by atoms with van der Waals surface area (Å²) in [5.41, 5.74) is 0.556. The highest BCUT2D eigenvalue weighted by Gasteiger charge is 2.52. The molecule has 0 spiro atoms. The standard InChI is InChI=1S/C17H33N/c1-6-8-14-16(12(2)3)18-15-10-7-9-13(4)11-17(14,15)5/h12-16,18H,6-11H2,1-5H3/t13?,14?,15?,16-,17-/m1/s1. The minimum atomic E-state index is 0.556. The lowest BCUT2D eigenvalue weighted by molar-refractivity contribution is 0.139. The Kier molecular flexibility index (Phi) is 4.41. The molecule has 1 heteroatoms. The fourth-order valence-corrected chi connectivity index (χ4v) is 4.91. The summed E-state index contributed by atoms with van der Waals surface area (Å²) in [6.07, 6.45) is 8.47. The second-order valence-corrected chi connectivity index (χ2v) is 7.63. The van der Waals surface area contributed by atoms with Crippen molar-refractivity contribution in [1.82, 2.24) is 5.32 Å². The largest absolute Gasteiger partial charge is 0.310 e. The molecule has 1 aliphatic carbocycles. The van der Waals surface area contributed by atoms with E-state index < -0.39 is 0 Å². The van der Waals surface area contributed by atoms with Crippen molar-refractivity contribution in [1.29, 1.82) is 0 Å². The Labute approximate surface area is 114 Å². The van der Waals surface area contributed by atoms with E-state index >= 15 is 0 Å². The molecule has 1 nitrogen and oxygen atoms in total. The van der Waals surface area contributed by atoms with Crippen LogP contribution in [0.2, 0.25) is 0 Å². The zero-order chi connectivity index (χ0) is 13.3. The molecule has 0 bridgehead atoms. The first kappa shape index (κ1) is 14.4. The molecule has 1 N–H and O–H groups in total. The van der Waals surface area contributed by atoms with Gasteiger partial charge in [0.1, 0.15) is 0 Å². The lowest BCUT2D eigenvalue weighted by atomic mass is 9.66. The summed E-state index contributed by atoms with van der Waals surface area (Å²) in [6, 6.07) is 1.54. The van der Waals surface area contributed by atoms with Crippen molar-refractivity contribution in [3.63, 3.8) is 0 Å². The third-order valence-electron chi connectivity index (χ3n) is 5.77. The number of fused-ring (bicyclic) bond motifs is 1. The fourth-order valence-electron chi connectivity index (χ4n) is 4.91. The Bertz CT molecular complexity index is 273. The topological polar surface area (TPSA) is 12.0 Å². The van der Waals surface area contributed by atoms with Crippen LogP contribution >= 0.6 is 0 Å². The normalized spacial score (nSPS) is 45.0. The van der Waals surface area contributed by atoms with Gasteiger partial charge in [0, 0.05) is 12.1 Å². The zero-order valence-electron chi connectivity index (χ0n) is 13.1. The quantitative estimate of drug-likeness (QED) is 0.772. The van der Waals surface area contributed by atoms with Crippen LogP contribution in [-0.4, -0.2) is 12.1 Å². The molecule has 0 aromatic heterocycles. The van der Waals surface area contributed by atoms with Gasteiger partial charge in [-0.05, 0) is 42.4 Å². The molecule has 1 saturated carbocycles. The van der Waals surface area contributed by atoms with E-state index in [1.54, 1.807) is 0 Å². The van der Waals surface area contributed by atoms with Crippen molar-refractivity contribution in [2.45, 2.75) is 85.2 Å². The Morgan fingerprint density at radius 1 is 1.28 bits per heavy atom. The number of hydrogen-bond donors (Lipinski definition) is 1. The zero-order valence-corrected chi connectivity index (χ0v) is 13.1. The summed E-state index contributed by atoms with van der Waals surface area (Å²) < 4.78 is 0. The van der Waals surface area contributed by atoms with Crippen molar-refractivity contribution >= 4 is 0 Å². The molecule has 1 aliphatic heterocycles. The molecule has 5 atom stereocenters. The van der Waals surface area contributed by atoms with Crippen molar-refractivity contribution in [3.8, 4) is 0 Å². The molecule has 0 aromatic rings. The van der Waals surface area contributed by atoms with Crippen molar-refractivity contribution < 1.29 is 0 Å². The third kappa shape index (κ3) is 2.48. The maximum atomic E-state index is 4.03. The molecule has 2 rings (SSSR count). The second-order valence-electron chi connectivity index (χ2n) is 7.63. The molecule has 1 saturated heterocycles. The Morgan fingerprint density at radius 2 is 2.00 bits per heavy atom. The number of nitrogens with one attached hydrogen (secondary N) is 1. The molecular weight excluding hydrogens is 218 g/mol. The van der Waals surface area contributed by atoms with E-state index in [0.717, 1.165) is 29.8 Å². The number of rotatable bonds is 3. The molecule has 106 valence electrons. The predicted octanol–water partition coefficient (Wildman–Crippen LogP) is 4.62. The fraction of sp³-hybridized carbons (Fsp3) is 1.00. The maximum Gasteiger partial charge on any atom is 0.0127 e. The Morgan fingerprint density at radius 3 is 2.61 bits per heavy atom. The maximum absolute atomic E-state index is 4.03. The van der Waals surface area contributed by atoms with Crippen LogP contribution in [0.25, 0.3) is 0 Å². The summed E-state index contributed by atoms with van der Waals surface area (Å²) in [5, 5.41) is 4.03. The van der Waals surface area contributed by atoms with Crippen LogP contribution in [0.3, 0.4) is 0 Å². The minimum Gasteiger partial charge on any atom is -0.310 e. The summed E-state index contributed by atoms with van der Waals surface area (Å²) in [5.74, 6) is 2.60. The van der Waals surface area contributed by atoms with Crippen LogP contribution in [0.1, 0.15) is 73.1 Å². The van der Waals surface area contributed by atoms with Crippen LogP contribution in [0.5, 0.6) is 0 Å². The summed E-state index contributed by atoms with van der Waals surface area (Å²) in [6.45, 7) is 12.2. The van der Waals surface area contributed by atoms with Gasteiger partial charge in [-0.15, -0.1) is 0 Å². The highest BCUT2D eigenvalue weighted by atomic mass is 15.0. The van der Waals surface area contributed by atoms with Gasteiger partial charge in [-0.1, -0.05) is 53.9 Å². The van der Waals surface area contributed by atoms with Crippen LogP contribution in [0.15, 0.2) is 0 Å². The first-order valence-corrected chi connectivity index (χ1v) is 8.25. The highest BCUT2D eigenvalue weighted by Crippen LogP contribution is 2.51. The van der Waals surface area contributed by atoms with Gasteiger partial charge in [0.05, 0.1) is 0 Å². The van der Waals surface area contributed by atoms with E-state index in [-0.39, 0.29) is 0 Å². The molecule has 0 radical (unpaired) electrons. The van der Waals surface area contributed by atoms with E-state index in [1.165, 1.54) is 38.5 Å². The molecule has 2 fully saturated rings. The summed E-state index contributed by atoms with van der Waals surface area (Å²) in [4.78, 5) is 0. The molecule has 3 unspecified atom stereocenters. The van der Waals surface area contributed by atoms with E-state index in [1.807, 2.05) is 0 Å². The van der Waals surface area contributed by atoms with Crippen LogP contribution in [0, 0.1) is 23.2 Å². The van der Waals surface area contributed by atoms with Gasteiger partial charge in [-0.3, -0.25) is 0 Å². The molecule has 18 heavy (non-hydrogen) atoms. The lowest BCUT2D eigenvalue weighted by Crippen LogP contribution is -2.36. The first-order chi connectivity index (χ1) is 8.49. The van der Waals surface area contributed by atoms with Crippen molar-refractivity contribution in [2.24, 2.45) is 23.2 Å². The summed E-state index contributed by atoms with van der Waals surface area (Å²) >= 11 is 0. The lowest BCUT2D eigenvalue weighted by Gasteiger charge is -2.38. The van der Waals surface area contributed by atoms with Gasteiger partial charge < -0.3 is 5.32 Å². The van der Waals surface area contributed by atoms with Crippen molar-refractivity contribution in [3.05, 3.63) is 0 Å². The smallest absolute Gasteiger partial charge is 0.0127 e. The van der Waals surface area contributed by atoms with Gasteiger partial charge in [-0.2, -0.15) is 0 Å². The SMILES string of the molecule is CCCC1[C@@H](C(C)C)NC2CCCC(C)C[C@@]21C. The average Bonchev–Trinajstić information content (AvgIpc) is 2.46. The molecular formula is C17H33N. The molecule has 0 aromatic carbocycles. The van der Waals surface area contributed by atoms with Crippen LogP contribution < -0.4 is 5.32 Å². The molecule has 1 heterocycles. The van der Waals surface area contributed by atoms with E-state index in [9.17, 15) is 0 Å². The summed E-state index contributed by atoms with van der Waals surface area (Å²) in [7, 11) is 0. The Hall–Kier alpha value is -0.0400. The molecule has 0 amide bonds. The third-order valence-corrected chi connectivity index (χ3v) is 5.77. The van der Waals surface area contributed by atoms with E-state index in [4.69, 9.17) is 0 Å². The van der Waals surface area contributed by atoms with Gasteiger partial charge in [0.25, 0.3) is 0 Å².